The van der Waals surface area contributed by atoms with Gasteiger partial charge in [-0.3, -0.25) is 0 Å². The van der Waals surface area contributed by atoms with Crippen molar-refractivity contribution >= 4 is 69.4 Å². The highest BCUT2D eigenvalue weighted by molar-refractivity contribution is 7.71. The van der Waals surface area contributed by atoms with Gasteiger partial charge in [-0.05, 0) is 43.4 Å². The normalized spacial score (nSPS) is 13.0. The standard InChI is InChI=1S/C13H9Cl3N2S2/c1-6(11-2-3-12(16)20-11)18-10-5-8(15)7(14)4-9(10)17-13(18)19/h2-6H,1H3,(H,17,19). The molecule has 0 aliphatic carbocycles. The largest absolute Gasteiger partial charge is 0.331 e. The Bertz CT molecular complexity index is 847. The van der Waals surface area contributed by atoms with Crippen LogP contribution >= 0.6 is 58.4 Å². The summed E-state index contributed by atoms with van der Waals surface area (Å²) in [7, 11) is 0. The molecular weight excluding hydrogens is 355 g/mol. The van der Waals surface area contributed by atoms with Gasteiger partial charge in [-0.25, -0.2) is 0 Å². The second kappa shape index (κ2) is 5.35. The minimum absolute atomic E-state index is 0.0750. The second-order valence-electron chi connectivity index (χ2n) is 4.40. The maximum Gasteiger partial charge on any atom is 0.178 e. The first-order valence-corrected chi connectivity index (χ1v) is 8.17. The van der Waals surface area contributed by atoms with Crippen LogP contribution in [-0.4, -0.2) is 9.55 Å². The van der Waals surface area contributed by atoms with Crippen molar-refractivity contribution in [2.45, 2.75) is 13.0 Å². The lowest BCUT2D eigenvalue weighted by atomic mass is 10.2. The minimum atomic E-state index is 0.0750. The lowest BCUT2D eigenvalue weighted by Crippen LogP contribution is -2.04. The van der Waals surface area contributed by atoms with E-state index in [1.165, 1.54) is 0 Å². The van der Waals surface area contributed by atoms with Crippen molar-refractivity contribution < 1.29 is 0 Å². The third-order valence-electron chi connectivity index (χ3n) is 3.15. The number of fused-ring (bicyclic) bond motifs is 1. The molecule has 1 N–H and O–H groups in total. The summed E-state index contributed by atoms with van der Waals surface area (Å²) in [4.78, 5) is 4.30. The van der Waals surface area contributed by atoms with Crippen LogP contribution in [0.5, 0.6) is 0 Å². The van der Waals surface area contributed by atoms with Gasteiger partial charge in [0, 0.05) is 4.88 Å². The van der Waals surface area contributed by atoms with Gasteiger partial charge in [-0.2, -0.15) is 0 Å². The predicted molar refractivity (Wildman–Crippen MR) is 90.3 cm³/mol. The molecular formula is C13H9Cl3N2S2. The zero-order valence-electron chi connectivity index (χ0n) is 10.3. The van der Waals surface area contributed by atoms with Gasteiger partial charge in [0.2, 0.25) is 0 Å². The van der Waals surface area contributed by atoms with Gasteiger partial charge in [0.15, 0.2) is 4.77 Å². The number of aromatic nitrogens is 2. The minimum Gasteiger partial charge on any atom is -0.331 e. The molecule has 0 radical (unpaired) electrons. The summed E-state index contributed by atoms with van der Waals surface area (Å²) < 4.78 is 3.42. The molecule has 0 amide bonds. The summed E-state index contributed by atoms with van der Waals surface area (Å²) in [6.45, 7) is 2.08. The molecule has 2 aromatic heterocycles. The molecule has 0 aliphatic heterocycles. The van der Waals surface area contributed by atoms with Crippen LogP contribution in [0.4, 0.5) is 0 Å². The average Bonchev–Trinajstić information content (AvgIpc) is 2.93. The van der Waals surface area contributed by atoms with Crippen molar-refractivity contribution in [1.82, 2.24) is 9.55 Å². The van der Waals surface area contributed by atoms with E-state index >= 15 is 0 Å². The SMILES string of the molecule is CC(c1ccc(Cl)s1)n1c(=S)[nH]c2cc(Cl)c(Cl)cc21. The van der Waals surface area contributed by atoms with Gasteiger partial charge in [0.1, 0.15) is 0 Å². The number of halogens is 3. The molecule has 2 nitrogen and oxygen atoms in total. The third kappa shape index (κ3) is 2.40. The number of H-pyrrole nitrogens is 1. The lowest BCUT2D eigenvalue weighted by Gasteiger charge is -2.13. The topological polar surface area (TPSA) is 20.7 Å². The van der Waals surface area contributed by atoms with E-state index in [4.69, 9.17) is 47.0 Å². The molecule has 0 saturated heterocycles. The van der Waals surface area contributed by atoms with Gasteiger partial charge in [0.05, 0.1) is 31.5 Å². The van der Waals surface area contributed by atoms with Crippen molar-refractivity contribution in [3.63, 3.8) is 0 Å². The molecule has 20 heavy (non-hydrogen) atoms. The number of benzene rings is 1. The highest BCUT2D eigenvalue weighted by atomic mass is 35.5. The molecule has 104 valence electrons. The number of hydrogen-bond donors (Lipinski definition) is 1. The Morgan fingerprint density at radius 1 is 1.20 bits per heavy atom. The Hall–Kier alpha value is -0.520. The van der Waals surface area contributed by atoms with Gasteiger partial charge in [0.25, 0.3) is 0 Å². The molecule has 0 saturated carbocycles. The summed E-state index contributed by atoms with van der Waals surface area (Å²) in [5.74, 6) is 0. The molecule has 7 heteroatoms. The van der Waals surface area contributed by atoms with E-state index in [1.807, 2.05) is 22.8 Å². The van der Waals surface area contributed by atoms with Crippen LogP contribution in [0.15, 0.2) is 24.3 Å². The monoisotopic (exact) mass is 362 g/mol. The van der Waals surface area contributed by atoms with Crippen LogP contribution in [0.1, 0.15) is 17.8 Å². The van der Waals surface area contributed by atoms with Crippen molar-refractivity contribution in [2.75, 3.05) is 0 Å². The van der Waals surface area contributed by atoms with E-state index < -0.39 is 0 Å². The van der Waals surface area contributed by atoms with E-state index in [-0.39, 0.29) is 6.04 Å². The molecule has 0 spiro atoms. The molecule has 1 atom stereocenters. The first kappa shape index (κ1) is 14.4. The van der Waals surface area contributed by atoms with Crippen molar-refractivity contribution in [3.05, 3.63) is 48.3 Å². The number of nitrogens with zero attached hydrogens (tertiary/aromatic N) is 1. The summed E-state index contributed by atoms with van der Waals surface area (Å²) in [6, 6.07) is 7.60. The second-order valence-corrected chi connectivity index (χ2v) is 7.35. The summed E-state index contributed by atoms with van der Waals surface area (Å²) >= 11 is 25.1. The van der Waals surface area contributed by atoms with Gasteiger partial charge < -0.3 is 9.55 Å². The molecule has 0 bridgehead atoms. The molecule has 1 aromatic carbocycles. The lowest BCUT2D eigenvalue weighted by molar-refractivity contribution is 0.661. The maximum atomic E-state index is 6.11. The van der Waals surface area contributed by atoms with Crippen molar-refractivity contribution in [2.24, 2.45) is 0 Å². The zero-order valence-corrected chi connectivity index (χ0v) is 14.2. The van der Waals surface area contributed by atoms with E-state index in [0.29, 0.717) is 14.8 Å². The fourth-order valence-electron chi connectivity index (χ4n) is 2.19. The number of nitrogens with one attached hydrogen (secondary N) is 1. The Labute approximate surface area is 139 Å². The first-order valence-electron chi connectivity index (χ1n) is 5.82. The fourth-order valence-corrected chi connectivity index (χ4v) is 3.98. The predicted octanol–water partition coefficient (Wildman–Crippen LogP) is 6.33. The van der Waals surface area contributed by atoms with Crippen LogP contribution in [0.25, 0.3) is 11.0 Å². The average molecular weight is 364 g/mol. The Morgan fingerprint density at radius 2 is 1.90 bits per heavy atom. The van der Waals surface area contributed by atoms with E-state index in [9.17, 15) is 0 Å². The Morgan fingerprint density at radius 3 is 2.55 bits per heavy atom. The summed E-state index contributed by atoms with van der Waals surface area (Å²) in [6.07, 6.45) is 0. The van der Waals surface area contributed by atoms with Crippen molar-refractivity contribution in [1.29, 1.82) is 0 Å². The van der Waals surface area contributed by atoms with E-state index in [2.05, 4.69) is 11.9 Å². The number of rotatable bonds is 2. The van der Waals surface area contributed by atoms with Gasteiger partial charge >= 0.3 is 0 Å². The van der Waals surface area contributed by atoms with Gasteiger partial charge in [-0.15, -0.1) is 11.3 Å². The molecule has 2 heterocycles. The summed E-state index contributed by atoms with van der Waals surface area (Å²) in [5.41, 5.74) is 1.81. The fraction of sp³-hybridized carbons (Fsp3) is 0.154. The Kier molecular flexibility index (Phi) is 3.86. The molecule has 3 rings (SSSR count). The van der Waals surface area contributed by atoms with E-state index in [0.717, 1.165) is 20.2 Å². The smallest absolute Gasteiger partial charge is 0.178 e. The van der Waals surface area contributed by atoms with Crippen molar-refractivity contribution in [3.8, 4) is 0 Å². The first-order chi connectivity index (χ1) is 9.47. The van der Waals surface area contributed by atoms with Gasteiger partial charge in [-0.1, -0.05) is 34.8 Å². The molecule has 0 fully saturated rings. The quantitative estimate of drug-likeness (QED) is 0.527. The third-order valence-corrected chi connectivity index (χ3v) is 5.57. The molecule has 1 unspecified atom stereocenters. The number of aromatic amines is 1. The van der Waals surface area contributed by atoms with Crippen LogP contribution in [0.2, 0.25) is 14.4 Å². The van der Waals surface area contributed by atoms with E-state index in [1.54, 1.807) is 17.4 Å². The van der Waals surface area contributed by atoms with Crippen LogP contribution in [0, 0.1) is 4.77 Å². The highest BCUT2D eigenvalue weighted by Crippen LogP contribution is 2.34. The van der Waals surface area contributed by atoms with Crippen LogP contribution < -0.4 is 0 Å². The highest BCUT2D eigenvalue weighted by Gasteiger charge is 2.16. The molecule has 3 aromatic rings. The Balaban J connectivity index is 2.23. The number of imidazole rings is 1. The summed E-state index contributed by atoms with van der Waals surface area (Å²) in [5, 5.41) is 1.02. The van der Waals surface area contributed by atoms with Crippen LogP contribution in [-0.2, 0) is 0 Å². The van der Waals surface area contributed by atoms with Crippen LogP contribution in [0.3, 0.4) is 0 Å². The number of hydrogen-bond acceptors (Lipinski definition) is 2. The molecule has 0 aliphatic rings. The zero-order chi connectivity index (χ0) is 14.4. The number of thiophene rings is 1. The maximum absolute atomic E-state index is 6.11.